The highest BCUT2D eigenvalue weighted by Gasteiger charge is 2.10. The highest BCUT2D eigenvalue weighted by atomic mass is 32.1. The van der Waals surface area contributed by atoms with Crippen molar-refractivity contribution in [2.45, 2.75) is 19.9 Å². The lowest BCUT2D eigenvalue weighted by Gasteiger charge is -2.12. The van der Waals surface area contributed by atoms with Gasteiger partial charge in [-0.05, 0) is 13.8 Å². The molecule has 2 aromatic rings. The molecule has 15 heavy (non-hydrogen) atoms. The smallest absolute Gasteiger partial charge is 0.0795 e. The summed E-state index contributed by atoms with van der Waals surface area (Å²) in [7, 11) is 1.94. The Hall–Kier alpha value is -1.36. The van der Waals surface area contributed by atoms with Gasteiger partial charge in [0.1, 0.15) is 0 Å². The van der Waals surface area contributed by atoms with E-state index < -0.39 is 0 Å². The third-order valence-electron chi connectivity index (χ3n) is 2.49. The molecule has 0 aromatic carbocycles. The minimum absolute atomic E-state index is 0.278. The number of hydrogen-bond donors (Lipinski definition) is 1. The minimum atomic E-state index is 0.278. The molecule has 5 heteroatoms. The molecule has 0 radical (unpaired) electrons. The molecule has 1 N–H and O–H groups in total. The maximum atomic E-state index is 4.19. The molecule has 0 aliphatic heterocycles. The van der Waals surface area contributed by atoms with Crippen LogP contribution in [0.4, 0.5) is 5.69 Å². The predicted molar refractivity (Wildman–Crippen MR) is 62.1 cm³/mol. The first-order chi connectivity index (χ1) is 7.18. The number of nitrogens with zero attached hydrogens (tertiary/aromatic N) is 3. The molecule has 0 fully saturated rings. The second-order valence-corrected chi connectivity index (χ2v) is 4.46. The van der Waals surface area contributed by atoms with Gasteiger partial charge in [-0.15, -0.1) is 11.3 Å². The van der Waals surface area contributed by atoms with Crippen LogP contribution in [-0.2, 0) is 7.05 Å². The summed E-state index contributed by atoms with van der Waals surface area (Å²) in [6, 6.07) is 0.278. The summed E-state index contributed by atoms with van der Waals surface area (Å²) >= 11 is 1.66. The molecule has 0 spiro atoms. The van der Waals surface area contributed by atoms with E-state index in [0.717, 1.165) is 11.4 Å². The summed E-state index contributed by atoms with van der Waals surface area (Å²) < 4.78 is 1.86. The molecule has 0 amide bonds. The molecule has 2 aromatic heterocycles. The van der Waals surface area contributed by atoms with E-state index in [0.29, 0.717) is 0 Å². The van der Waals surface area contributed by atoms with Crippen LogP contribution in [0.5, 0.6) is 0 Å². The van der Waals surface area contributed by atoms with Crippen LogP contribution >= 0.6 is 11.3 Å². The topological polar surface area (TPSA) is 42.7 Å². The zero-order valence-electron chi connectivity index (χ0n) is 9.06. The quantitative estimate of drug-likeness (QED) is 0.867. The monoisotopic (exact) mass is 222 g/mol. The summed E-state index contributed by atoms with van der Waals surface area (Å²) in [5.74, 6) is 0. The molecular formula is C10H14N4S. The van der Waals surface area contributed by atoms with Crippen LogP contribution in [0.3, 0.4) is 0 Å². The lowest BCUT2D eigenvalue weighted by Crippen LogP contribution is -2.05. The van der Waals surface area contributed by atoms with Gasteiger partial charge in [-0.2, -0.15) is 5.10 Å². The molecule has 4 nitrogen and oxygen atoms in total. The Morgan fingerprint density at radius 3 is 2.80 bits per heavy atom. The van der Waals surface area contributed by atoms with Gasteiger partial charge in [0.15, 0.2) is 0 Å². The van der Waals surface area contributed by atoms with Gasteiger partial charge in [-0.25, -0.2) is 0 Å². The van der Waals surface area contributed by atoms with Gasteiger partial charge in [0.2, 0.25) is 0 Å². The number of aryl methyl sites for hydroxylation is 1. The number of nitrogens with one attached hydrogen (secondary N) is 1. The normalized spacial score (nSPS) is 12.7. The summed E-state index contributed by atoms with van der Waals surface area (Å²) in [6.07, 6.45) is 3.75. The molecule has 0 saturated heterocycles. The predicted octanol–water partition coefficient (Wildman–Crippen LogP) is 2.36. The van der Waals surface area contributed by atoms with Crippen molar-refractivity contribution in [2.75, 3.05) is 5.32 Å². The van der Waals surface area contributed by atoms with Crippen molar-refractivity contribution in [1.82, 2.24) is 14.8 Å². The van der Waals surface area contributed by atoms with E-state index in [2.05, 4.69) is 29.2 Å². The van der Waals surface area contributed by atoms with Crippen LogP contribution in [0, 0.1) is 6.92 Å². The van der Waals surface area contributed by atoms with Crippen molar-refractivity contribution in [3.8, 4) is 0 Å². The lowest BCUT2D eigenvalue weighted by molar-refractivity contribution is 0.739. The molecule has 0 saturated carbocycles. The number of aromatic nitrogens is 3. The highest BCUT2D eigenvalue weighted by molar-refractivity contribution is 7.09. The average molecular weight is 222 g/mol. The maximum Gasteiger partial charge on any atom is 0.0795 e. The Kier molecular flexibility index (Phi) is 2.73. The average Bonchev–Trinajstić information content (AvgIpc) is 2.83. The maximum absolute atomic E-state index is 4.19. The standard InChI is InChI=1S/C10H14N4S/c1-7(10-5-11-6-15-10)13-9-4-12-14(3)8(9)2/h4-7,13H,1-3H3. The highest BCUT2D eigenvalue weighted by Crippen LogP contribution is 2.23. The van der Waals surface area contributed by atoms with E-state index in [1.165, 1.54) is 4.88 Å². The number of thiazole rings is 1. The van der Waals surface area contributed by atoms with Gasteiger partial charge < -0.3 is 5.32 Å². The van der Waals surface area contributed by atoms with E-state index in [1.54, 1.807) is 11.3 Å². The van der Waals surface area contributed by atoms with Crippen molar-refractivity contribution >= 4 is 17.0 Å². The zero-order valence-corrected chi connectivity index (χ0v) is 9.88. The third kappa shape index (κ3) is 2.02. The Morgan fingerprint density at radius 2 is 2.27 bits per heavy atom. The summed E-state index contributed by atoms with van der Waals surface area (Å²) in [5, 5.41) is 7.61. The van der Waals surface area contributed by atoms with Gasteiger partial charge in [0.05, 0.1) is 29.1 Å². The Bertz CT molecular complexity index is 432. The van der Waals surface area contributed by atoms with Gasteiger partial charge in [-0.3, -0.25) is 9.67 Å². The third-order valence-corrected chi connectivity index (χ3v) is 3.44. The van der Waals surface area contributed by atoms with E-state index in [-0.39, 0.29) is 6.04 Å². The van der Waals surface area contributed by atoms with Crippen LogP contribution in [0.25, 0.3) is 0 Å². The first-order valence-corrected chi connectivity index (χ1v) is 5.70. The number of rotatable bonds is 3. The SMILES string of the molecule is Cc1c(NC(C)c2cncs2)cnn1C. The molecule has 2 heterocycles. The zero-order chi connectivity index (χ0) is 10.8. The fourth-order valence-electron chi connectivity index (χ4n) is 1.38. The van der Waals surface area contributed by atoms with Crippen molar-refractivity contribution in [2.24, 2.45) is 7.05 Å². The van der Waals surface area contributed by atoms with Crippen molar-refractivity contribution in [3.63, 3.8) is 0 Å². The second kappa shape index (κ2) is 4.02. The molecule has 0 aliphatic carbocycles. The van der Waals surface area contributed by atoms with Gasteiger partial charge in [0.25, 0.3) is 0 Å². The first-order valence-electron chi connectivity index (χ1n) is 4.82. The largest absolute Gasteiger partial charge is 0.375 e. The Balaban J connectivity index is 2.12. The van der Waals surface area contributed by atoms with Crippen molar-refractivity contribution in [1.29, 1.82) is 0 Å². The summed E-state index contributed by atoms with van der Waals surface area (Å²) in [4.78, 5) is 5.30. The van der Waals surface area contributed by atoms with E-state index in [4.69, 9.17) is 0 Å². The minimum Gasteiger partial charge on any atom is -0.375 e. The van der Waals surface area contributed by atoms with Crippen LogP contribution in [-0.4, -0.2) is 14.8 Å². The first kappa shape index (κ1) is 10.2. The van der Waals surface area contributed by atoms with Gasteiger partial charge in [-0.1, -0.05) is 0 Å². The molecule has 1 atom stereocenters. The van der Waals surface area contributed by atoms with Crippen molar-refractivity contribution in [3.05, 3.63) is 28.5 Å². The molecule has 1 unspecified atom stereocenters. The van der Waals surface area contributed by atoms with Crippen LogP contribution in [0.1, 0.15) is 23.5 Å². The number of hydrogen-bond acceptors (Lipinski definition) is 4. The van der Waals surface area contributed by atoms with Crippen LogP contribution in [0.15, 0.2) is 17.9 Å². The molecule has 0 bridgehead atoms. The summed E-state index contributed by atoms with van der Waals surface area (Å²) in [5.41, 5.74) is 4.08. The molecular weight excluding hydrogens is 208 g/mol. The molecule has 0 aliphatic rings. The van der Waals surface area contributed by atoms with Gasteiger partial charge in [0, 0.05) is 18.1 Å². The fraction of sp³-hybridized carbons (Fsp3) is 0.400. The number of anilines is 1. The van der Waals surface area contributed by atoms with Crippen LogP contribution in [0.2, 0.25) is 0 Å². The lowest BCUT2D eigenvalue weighted by atomic mass is 10.2. The molecule has 80 valence electrons. The molecule has 2 rings (SSSR count). The Morgan fingerprint density at radius 1 is 1.47 bits per heavy atom. The second-order valence-electron chi connectivity index (χ2n) is 3.54. The van der Waals surface area contributed by atoms with Gasteiger partial charge >= 0.3 is 0 Å². The van der Waals surface area contributed by atoms with Crippen molar-refractivity contribution < 1.29 is 0 Å². The fourth-order valence-corrected chi connectivity index (χ4v) is 2.01. The van der Waals surface area contributed by atoms with E-state index in [9.17, 15) is 0 Å². The van der Waals surface area contributed by atoms with E-state index >= 15 is 0 Å². The van der Waals surface area contributed by atoms with Crippen LogP contribution < -0.4 is 5.32 Å². The van der Waals surface area contributed by atoms with E-state index in [1.807, 2.05) is 29.6 Å². The Labute approximate surface area is 93.0 Å². The summed E-state index contributed by atoms with van der Waals surface area (Å²) in [6.45, 7) is 4.18.